The third kappa shape index (κ3) is 8.04. The Kier molecular flexibility index (Phi) is 11.2. The summed E-state index contributed by atoms with van der Waals surface area (Å²) < 4.78 is 50.7. The fourth-order valence-corrected chi connectivity index (χ4v) is 5.87. The number of rotatable bonds is 11. The smallest absolute Gasteiger partial charge is 0.462 e. The van der Waals surface area contributed by atoms with E-state index in [-0.39, 0.29) is 37.3 Å². The highest BCUT2D eigenvalue weighted by Gasteiger charge is 2.52. The molecule has 1 aliphatic heterocycles. The summed E-state index contributed by atoms with van der Waals surface area (Å²) in [5.74, 6) is -1.91. The maximum absolute atomic E-state index is 15.7. The number of hydrogen-bond acceptors (Lipinski definition) is 9. The summed E-state index contributed by atoms with van der Waals surface area (Å²) in [6.07, 6.45) is 0.341. The summed E-state index contributed by atoms with van der Waals surface area (Å²) in [4.78, 5) is 51.2. The summed E-state index contributed by atoms with van der Waals surface area (Å²) in [6, 6.07) is 0. The van der Waals surface area contributed by atoms with Gasteiger partial charge in [0.05, 0.1) is 19.4 Å². The van der Waals surface area contributed by atoms with E-state index in [0.29, 0.717) is 0 Å². The van der Waals surface area contributed by atoms with Gasteiger partial charge in [-0.15, -0.1) is 4.52 Å². The van der Waals surface area contributed by atoms with Crippen molar-refractivity contribution in [1.82, 2.24) is 9.55 Å². The van der Waals surface area contributed by atoms with Gasteiger partial charge in [0, 0.05) is 17.7 Å². The van der Waals surface area contributed by atoms with Gasteiger partial charge in [0.2, 0.25) is 0 Å². The minimum absolute atomic E-state index is 0.00853. The number of ether oxygens (including phenoxy) is 3. The molecule has 0 spiro atoms. The number of aromatic amines is 1. The van der Waals surface area contributed by atoms with Crippen molar-refractivity contribution in [2.24, 2.45) is 5.92 Å². The Hall–Kier alpha value is -2.43. The van der Waals surface area contributed by atoms with Crippen LogP contribution in [0.2, 0.25) is 0 Å². The highest BCUT2D eigenvalue weighted by atomic mass is 31.1. The Morgan fingerprint density at radius 1 is 1.16 bits per heavy atom. The van der Waals surface area contributed by atoms with Crippen molar-refractivity contribution in [2.75, 3.05) is 12.8 Å². The lowest BCUT2D eigenvalue weighted by atomic mass is 10.0. The second-order valence-electron chi connectivity index (χ2n) is 9.88. The van der Waals surface area contributed by atoms with Crippen LogP contribution in [0.25, 0.3) is 0 Å². The lowest BCUT2D eigenvalue weighted by Gasteiger charge is -2.22. The van der Waals surface area contributed by atoms with E-state index >= 15 is 4.39 Å². The zero-order valence-corrected chi connectivity index (χ0v) is 23.0. The lowest BCUT2D eigenvalue weighted by Crippen LogP contribution is -2.39. The molecule has 2 heterocycles. The van der Waals surface area contributed by atoms with Crippen molar-refractivity contribution in [3.63, 3.8) is 0 Å². The molecular weight excluding hydrogens is 522 g/mol. The van der Waals surface area contributed by atoms with Gasteiger partial charge < -0.3 is 14.2 Å². The molecule has 1 aliphatic carbocycles. The third-order valence-electron chi connectivity index (χ3n) is 6.80. The van der Waals surface area contributed by atoms with E-state index < -0.39 is 61.7 Å². The summed E-state index contributed by atoms with van der Waals surface area (Å²) in [5, 5.41) is 0. The number of carbonyl (C=O) groups is 2. The van der Waals surface area contributed by atoms with Crippen molar-refractivity contribution in [3.05, 3.63) is 32.6 Å². The van der Waals surface area contributed by atoms with Gasteiger partial charge in [-0.2, -0.15) is 0 Å². The quantitative estimate of drug-likeness (QED) is 0.245. The van der Waals surface area contributed by atoms with E-state index in [1.165, 1.54) is 13.1 Å². The maximum Gasteiger partial charge on any atom is 0.508 e. The van der Waals surface area contributed by atoms with Gasteiger partial charge in [-0.1, -0.05) is 19.8 Å². The zero-order chi connectivity index (χ0) is 27.8. The van der Waals surface area contributed by atoms with Crippen LogP contribution in [0.4, 0.5) is 4.39 Å². The normalized spacial score (nSPS) is 25.4. The SMILES string of the molecule is CCO[P+](=O)C[C@H](C)[C@H]1O[C@@H](n2cc(C)c(=O)[nH]c2=O)[C@H](F)[C@@H]1OC(=O)CCC(=O)OC1CCCCCC1. The second kappa shape index (κ2) is 14.1. The summed E-state index contributed by atoms with van der Waals surface area (Å²) in [5.41, 5.74) is -1.33. The second-order valence-corrected chi connectivity index (χ2v) is 11.2. The first-order valence-corrected chi connectivity index (χ1v) is 14.5. The first-order valence-electron chi connectivity index (χ1n) is 13.2. The van der Waals surface area contributed by atoms with Crippen molar-refractivity contribution in [2.45, 2.75) is 103 Å². The zero-order valence-electron chi connectivity index (χ0n) is 22.1. The maximum atomic E-state index is 15.7. The van der Waals surface area contributed by atoms with Crippen molar-refractivity contribution < 1.29 is 37.3 Å². The van der Waals surface area contributed by atoms with Crippen LogP contribution in [-0.4, -0.2) is 58.7 Å². The standard InChI is InChI=1S/C25H36FN2O9P/c1-4-34-38(33)14-16(3)21-22(20(26)24(37-21)28-13-15(2)23(31)27-25(28)32)36-19(30)12-11-18(29)35-17-9-7-5-6-8-10-17/h13,16-17,20-22,24H,4-12,14H2,1-3H3/p+1/t16-,20+,21+,22-,24+/m0/s1. The topological polar surface area (TPSA) is 143 Å². The first-order chi connectivity index (χ1) is 18.1. The van der Waals surface area contributed by atoms with E-state index in [2.05, 4.69) is 4.98 Å². The molecule has 1 saturated heterocycles. The highest BCUT2D eigenvalue weighted by molar-refractivity contribution is 7.39. The monoisotopic (exact) mass is 559 g/mol. The minimum atomic E-state index is -2.07. The van der Waals surface area contributed by atoms with Crippen LogP contribution < -0.4 is 11.2 Å². The van der Waals surface area contributed by atoms with E-state index in [0.717, 1.165) is 43.1 Å². The Bertz CT molecular complexity index is 1100. The van der Waals surface area contributed by atoms with E-state index in [9.17, 15) is 23.7 Å². The van der Waals surface area contributed by atoms with Crippen LogP contribution in [0.3, 0.4) is 0 Å². The molecule has 11 nitrogen and oxygen atoms in total. The van der Waals surface area contributed by atoms with Gasteiger partial charge >= 0.3 is 25.7 Å². The van der Waals surface area contributed by atoms with Crippen molar-refractivity contribution in [1.29, 1.82) is 0 Å². The molecule has 3 rings (SSSR count). The largest absolute Gasteiger partial charge is 0.508 e. The average molecular weight is 560 g/mol. The number of esters is 2. The number of halogens is 1. The number of aromatic nitrogens is 2. The van der Waals surface area contributed by atoms with Crippen LogP contribution in [0.15, 0.2) is 15.8 Å². The number of carbonyl (C=O) groups excluding carboxylic acids is 2. The fraction of sp³-hybridized carbons (Fsp3) is 0.760. The number of nitrogens with zero attached hydrogens (tertiary/aromatic N) is 1. The van der Waals surface area contributed by atoms with E-state index in [1.54, 1.807) is 13.8 Å². The molecule has 6 atom stereocenters. The molecule has 0 bridgehead atoms. The summed E-state index contributed by atoms with van der Waals surface area (Å²) in [6.45, 7) is 5.02. The molecule has 0 aromatic carbocycles. The fourth-order valence-electron chi connectivity index (χ4n) is 4.80. The van der Waals surface area contributed by atoms with E-state index in [4.69, 9.17) is 18.7 Å². The molecule has 1 saturated carbocycles. The molecule has 1 unspecified atom stereocenters. The van der Waals surface area contributed by atoms with E-state index in [1.807, 2.05) is 0 Å². The van der Waals surface area contributed by atoms with Gasteiger partial charge in [-0.3, -0.25) is 23.9 Å². The van der Waals surface area contributed by atoms with Gasteiger partial charge in [0.25, 0.3) is 5.56 Å². The Balaban J connectivity index is 1.69. The molecule has 212 valence electrons. The molecule has 13 heteroatoms. The van der Waals surface area contributed by atoms with Crippen molar-refractivity contribution >= 4 is 20.0 Å². The van der Waals surface area contributed by atoms with Crippen LogP contribution in [-0.2, 0) is 32.9 Å². The molecule has 2 aliphatic rings. The molecule has 0 radical (unpaired) electrons. The van der Waals surface area contributed by atoms with Gasteiger partial charge in [0.1, 0.15) is 12.2 Å². The highest BCUT2D eigenvalue weighted by Crippen LogP contribution is 2.39. The van der Waals surface area contributed by atoms with Gasteiger partial charge in [-0.25, -0.2) is 9.18 Å². The molecule has 38 heavy (non-hydrogen) atoms. The lowest BCUT2D eigenvalue weighted by molar-refractivity contribution is -0.159. The molecule has 2 fully saturated rings. The number of alkyl halides is 1. The average Bonchev–Trinajstić information content (AvgIpc) is 3.00. The van der Waals surface area contributed by atoms with Crippen LogP contribution in [0, 0.1) is 12.8 Å². The minimum Gasteiger partial charge on any atom is -0.462 e. The Morgan fingerprint density at radius 3 is 2.42 bits per heavy atom. The predicted molar refractivity (Wildman–Crippen MR) is 135 cm³/mol. The summed E-state index contributed by atoms with van der Waals surface area (Å²) in [7, 11) is -2.07. The molecule has 0 amide bonds. The Morgan fingerprint density at radius 2 is 1.79 bits per heavy atom. The van der Waals surface area contributed by atoms with Gasteiger partial charge in [-0.05, 0) is 44.1 Å². The van der Waals surface area contributed by atoms with Crippen molar-refractivity contribution in [3.8, 4) is 0 Å². The first kappa shape index (κ1) is 30.1. The van der Waals surface area contributed by atoms with Crippen LogP contribution >= 0.6 is 8.03 Å². The molecule has 1 aromatic rings. The predicted octanol–water partition coefficient (Wildman–Crippen LogP) is 3.45. The Labute approximate surface area is 221 Å². The number of nitrogens with one attached hydrogen (secondary N) is 1. The molecule has 1 aromatic heterocycles. The van der Waals surface area contributed by atoms with Crippen LogP contribution in [0.5, 0.6) is 0 Å². The molecule has 1 N–H and O–H groups in total. The third-order valence-corrected chi connectivity index (χ3v) is 8.22. The van der Waals surface area contributed by atoms with Gasteiger partial charge in [0.15, 0.2) is 24.7 Å². The number of aryl methyl sites for hydroxylation is 1. The summed E-state index contributed by atoms with van der Waals surface area (Å²) >= 11 is 0. The number of H-pyrrole nitrogens is 1. The number of hydrogen-bond donors (Lipinski definition) is 1. The molecular formula is C25H37FN2O9P+. The van der Waals surface area contributed by atoms with Crippen LogP contribution in [0.1, 0.15) is 77.0 Å².